The van der Waals surface area contributed by atoms with E-state index >= 15 is 0 Å². The van der Waals surface area contributed by atoms with E-state index in [1.165, 1.54) is 0 Å². The molecule has 5 nitrogen and oxygen atoms in total. The highest BCUT2D eigenvalue weighted by atomic mass is 16.6. The summed E-state index contributed by atoms with van der Waals surface area (Å²) >= 11 is 0. The van der Waals surface area contributed by atoms with Crippen LogP contribution in [0.3, 0.4) is 0 Å². The molecule has 11 heavy (non-hydrogen) atoms. The molecule has 0 radical (unpaired) electrons. The van der Waals surface area contributed by atoms with Gasteiger partial charge in [0.25, 0.3) is 0 Å². The number of carboxylic acids is 1. The van der Waals surface area contributed by atoms with Crippen molar-refractivity contribution in [2.75, 3.05) is 26.2 Å². The lowest BCUT2D eigenvalue weighted by Crippen LogP contribution is -2.30. The Labute approximate surface area is 65.7 Å². The van der Waals surface area contributed by atoms with Crippen LogP contribution in [-0.4, -0.2) is 37.3 Å². The summed E-state index contributed by atoms with van der Waals surface area (Å²) in [4.78, 5) is 14.8. The van der Waals surface area contributed by atoms with Crippen molar-refractivity contribution in [3.63, 3.8) is 0 Å². The van der Waals surface area contributed by atoms with Crippen LogP contribution in [0, 0.1) is 0 Å². The molecule has 0 saturated carbocycles. The molecule has 0 atom stereocenters. The molecule has 0 amide bonds. The summed E-state index contributed by atoms with van der Waals surface area (Å²) < 4.78 is 0. The standard InChI is InChI=1S/C6H14N2O3/c1-2-11-8-4-3-7-5-6(9)10/h7-8H,2-5H2,1H3,(H,9,10). The fourth-order valence-electron chi connectivity index (χ4n) is 0.509. The Kier molecular flexibility index (Phi) is 7.02. The summed E-state index contributed by atoms with van der Waals surface area (Å²) in [5.41, 5.74) is 2.65. The van der Waals surface area contributed by atoms with E-state index in [4.69, 9.17) is 9.94 Å². The molecule has 66 valence electrons. The smallest absolute Gasteiger partial charge is 0.317 e. The van der Waals surface area contributed by atoms with Crippen LogP contribution >= 0.6 is 0 Å². The number of rotatable bonds is 7. The van der Waals surface area contributed by atoms with Crippen LogP contribution < -0.4 is 10.8 Å². The van der Waals surface area contributed by atoms with E-state index in [1.54, 1.807) is 0 Å². The van der Waals surface area contributed by atoms with Crippen LogP contribution in [0.2, 0.25) is 0 Å². The Morgan fingerprint density at radius 2 is 2.27 bits per heavy atom. The molecule has 0 aromatic heterocycles. The van der Waals surface area contributed by atoms with E-state index in [-0.39, 0.29) is 6.54 Å². The van der Waals surface area contributed by atoms with Crippen molar-refractivity contribution in [1.82, 2.24) is 10.8 Å². The summed E-state index contributed by atoms with van der Waals surface area (Å²) in [6, 6.07) is 0. The number of hydroxylamine groups is 1. The fraction of sp³-hybridized carbons (Fsp3) is 0.833. The highest BCUT2D eigenvalue weighted by Crippen LogP contribution is 1.64. The van der Waals surface area contributed by atoms with Gasteiger partial charge in [-0.05, 0) is 6.92 Å². The first-order chi connectivity index (χ1) is 5.27. The monoisotopic (exact) mass is 162 g/mol. The van der Waals surface area contributed by atoms with Gasteiger partial charge < -0.3 is 15.3 Å². The summed E-state index contributed by atoms with van der Waals surface area (Å²) in [6.07, 6.45) is 0. The molecule has 0 aromatic rings. The van der Waals surface area contributed by atoms with Gasteiger partial charge in [-0.3, -0.25) is 4.79 Å². The maximum Gasteiger partial charge on any atom is 0.317 e. The van der Waals surface area contributed by atoms with Gasteiger partial charge >= 0.3 is 5.97 Å². The number of carbonyl (C=O) groups is 1. The van der Waals surface area contributed by atoms with Crippen molar-refractivity contribution in [2.45, 2.75) is 6.92 Å². The molecule has 0 fully saturated rings. The van der Waals surface area contributed by atoms with Crippen molar-refractivity contribution in [3.05, 3.63) is 0 Å². The van der Waals surface area contributed by atoms with E-state index in [1.807, 2.05) is 6.92 Å². The predicted molar refractivity (Wildman–Crippen MR) is 40.1 cm³/mol. The van der Waals surface area contributed by atoms with Crippen molar-refractivity contribution < 1.29 is 14.7 Å². The average Bonchev–Trinajstić information content (AvgIpc) is 1.96. The highest BCUT2D eigenvalue weighted by Gasteiger charge is 1.92. The molecule has 0 aliphatic rings. The van der Waals surface area contributed by atoms with E-state index in [9.17, 15) is 4.79 Å². The molecule has 0 aromatic carbocycles. The quantitative estimate of drug-likeness (QED) is 0.338. The maximum atomic E-state index is 9.97. The van der Waals surface area contributed by atoms with Gasteiger partial charge in [0, 0.05) is 13.1 Å². The van der Waals surface area contributed by atoms with E-state index in [0.29, 0.717) is 19.7 Å². The van der Waals surface area contributed by atoms with Crippen molar-refractivity contribution in [2.24, 2.45) is 0 Å². The molecule has 0 aliphatic heterocycles. The highest BCUT2D eigenvalue weighted by molar-refractivity contribution is 5.68. The van der Waals surface area contributed by atoms with Crippen LogP contribution in [0.4, 0.5) is 0 Å². The lowest BCUT2D eigenvalue weighted by atomic mass is 10.6. The first-order valence-corrected chi connectivity index (χ1v) is 3.54. The number of carboxylic acid groups (broad SMARTS) is 1. The van der Waals surface area contributed by atoms with Gasteiger partial charge in [-0.2, -0.15) is 0 Å². The first-order valence-electron chi connectivity index (χ1n) is 3.54. The predicted octanol–water partition coefficient (Wildman–Crippen LogP) is -0.798. The molecule has 0 saturated heterocycles. The average molecular weight is 162 g/mol. The van der Waals surface area contributed by atoms with Crippen molar-refractivity contribution in [3.8, 4) is 0 Å². The Morgan fingerprint density at radius 3 is 2.82 bits per heavy atom. The van der Waals surface area contributed by atoms with Gasteiger partial charge in [0.05, 0.1) is 13.2 Å². The van der Waals surface area contributed by atoms with Crippen LogP contribution in [0.1, 0.15) is 6.92 Å². The zero-order valence-electron chi connectivity index (χ0n) is 6.59. The minimum atomic E-state index is -0.846. The Bertz CT molecular complexity index is 108. The van der Waals surface area contributed by atoms with Gasteiger partial charge in [-0.15, -0.1) is 0 Å². The Hall–Kier alpha value is -0.650. The molecule has 5 heteroatoms. The van der Waals surface area contributed by atoms with Crippen molar-refractivity contribution >= 4 is 5.97 Å². The topological polar surface area (TPSA) is 70.6 Å². The van der Waals surface area contributed by atoms with Crippen LogP contribution in [0.25, 0.3) is 0 Å². The second kappa shape index (κ2) is 7.46. The van der Waals surface area contributed by atoms with E-state index < -0.39 is 5.97 Å². The number of hydrogen-bond donors (Lipinski definition) is 3. The van der Waals surface area contributed by atoms with Gasteiger partial charge in [0.15, 0.2) is 0 Å². The van der Waals surface area contributed by atoms with E-state index in [0.717, 1.165) is 0 Å². The Balaban J connectivity index is 2.85. The minimum Gasteiger partial charge on any atom is -0.480 e. The largest absolute Gasteiger partial charge is 0.480 e. The van der Waals surface area contributed by atoms with Crippen LogP contribution in [0.15, 0.2) is 0 Å². The van der Waals surface area contributed by atoms with E-state index in [2.05, 4.69) is 10.8 Å². The molecular weight excluding hydrogens is 148 g/mol. The number of nitrogens with one attached hydrogen (secondary N) is 2. The van der Waals surface area contributed by atoms with Crippen LogP contribution in [-0.2, 0) is 9.63 Å². The van der Waals surface area contributed by atoms with Gasteiger partial charge in [-0.25, -0.2) is 5.48 Å². The third-order valence-corrected chi connectivity index (χ3v) is 0.926. The molecule has 0 unspecified atom stereocenters. The van der Waals surface area contributed by atoms with Gasteiger partial charge in [0.2, 0.25) is 0 Å². The fourth-order valence-corrected chi connectivity index (χ4v) is 0.509. The third kappa shape index (κ3) is 9.35. The normalized spacial score (nSPS) is 9.91. The molecule has 0 spiro atoms. The number of aliphatic carboxylic acids is 1. The molecule has 0 aliphatic carbocycles. The zero-order valence-corrected chi connectivity index (χ0v) is 6.59. The molecule has 3 N–H and O–H groups in total. The summed E-state index contributed by atoms with van der Waals surface area (Å²) in [5, 5.41) is 10.9. The van der Waals surface area contributed by atoms with Crippen molar-refractivity contribution in [1.29, 1.82) is 0 Å². The van der Waals surface area contributed by atoms with Crippen LogP contribution in [0.5, 0.6) is 0 Å². The molecule has 0 heterocycles. The second-order valence-corrected chi connectivity index (χ2v) is 1.90. The second-order valence-electron chi connectivity index (χ2n) is 1.90. The molecule has 0 rings (SSSR count). The summed E-state index contributed by atoms with van der Waals surface area (Å²) in [5.74, 6) is -0.846. The summed E-state index contributed by atoms with van der Waals surface area (Å²) in [7, 11) is 0. The first kappa shape index (κ1) is 10.3. The lowest BCUT2D eigenvalue weighted by Gasteiger charge is -2.02. The van der Waals surface area contributed by atoms with Gasteiger partial charge in [-0.1, -0.05) is 0 Å². The number of hydrogen-bond acceptors (Lipinski definition) is 4. The third-order valence-electron chi connectivity index (χ3n) is 0.926. The molecular formula is C6H14N2O3. The Morgan fingerprint density at radius 1 is 1.55 bits per heavy atom. The lowest BCUT2D eigenvalue weighted by molar-refractivity contribution is -0.135. The summed E-state index contributed by atoms with van der Waals surface area (Å²) in [6.45, 7) is 3.68. The van der Waals surface area contributed by atoms with Gasteiger partial charge in [0.1, 0.15) is 0 Å². The SMILES string of the molecule is CCONCCNCC(=O)O. The maximum absolute atomic E-state index is 9.97. The zero-order chi connectivity index (χ0) is 8.53. The molecule has 0 bridgehead atoms. The minimum absolute atomic E-state index is 0.00615.